The minimum absolute atomic E-state index is 0.644. The van der Waals surface area contributed by atoms with Crippen LogP contribution in [0.15, 0.2) is 12.4 Å². The van der Waals surface area contributed by atoms with Crippen LogP contribution in [0.5, 0.6) is 0 Å². The lowest BCUT2D eigenvalue weighted by atomic mass is 9.97. The lowest BCUT2D eigenvalue weighted by Gasteiger charge is -2.35. The van der Waals surface area contributed by atoms with E-state index in [9.17, 15) is 0 Å². The Morgan fingerprint density at radius 2 is 2.29 bits per heavy atom. The Morgan fingerprint density at radius 3 is 3.18 bits per heavy atom. The van der Waals surface area contributed by atoms with Crippen molar-refractivity contribution in [3.05, 3.63) is 12.4 Å². The van der Waals surface area contributed by atoms with Gasteiger partial charge in [-0.2, -0.15) is 0 Å². The SMILES string of the molecule is CCNc1nccn1C1CCN2CCCC2C1. The van der Waals surface area contributed by atoms with Gasteiger partial charge in [-0.05, 0) is 39.2 Å². The molecule has 1 aromatic rings. The van der Waals surface area contributed by atoms with Gasteiger partial charge in [0, 0.05) is 37.6 Å². The minimum atomic E-state index is 0.644. The molecule has 3 heterocycles. The van der Waals surface area contributed by atoms with Gasteiger partial charge < -0.3 is 14.8 Å². The van der Waals surface area contributed by atoms with Crippen LogP contribution in [0.3, 0.4) is 0 Å². The van der Waals surface area contributed by atoms with Gasteiger partial charge in [0.25, 0.3) is 0 Å². The van der Waals surface area contributed by atoms with E-state index in [1.165, 1.54) is 38.8 Å². The molecular weight excluding hydrogens is 212 g/mol. The normalized spacial score (nSPS) is 29.2. The molecule has 3 rings (SSSR count). The molecular formula is C13H22N4. The van der Waals surface area contributed by atoms with Crippen molar-refractivity contribution in [2.24, 2.45) is 0 Å². The molecule has 0 aromatic carbocycles. The molecule has 2 atom stereocenters. The number of piperidine rings is 1. The van der Waals surface area contributed by atoms with Gasteiger partial charge in [0.1, 0.15) is 0 Å². The maximum atomic E-state index is 4.40. The zero-order valence-electron chi connectivity index (χ0n) is 10.6. The topological polar surface area (TPSA) is 33.1 Å². The Kier molecular flexibility index (Phi) is 3.05. The number of aromatic nitrogens is 2. The molecule has 1 aromatic heterocycles. The molecule has 2 fully saturated rings. The molecule has 0 amide bonds. The average Bonchev–Trinajstić information content (AvgIpc) is 2.96. The van der Waals surface area contributed by atoms with Gasteiger partial charge in [0.2, 0.25) is 5.95 Å². The number of nitrogens with one attached hydrogen (secondary N) is 1. The quantitative estimate of drug-likeness (QED) is 0.869. The van der Waals surface area contributed by atoms with E-state index in [1.807, 2.05) is 6.20 Å². The molecule has 1 N–H and O–H groups in total. The fourth-order valence-electron chi connectivity index (χ4n) is 3.36. The van der Waals surface area contributed by atoms with Gasteiger partial charge in [-0.1, -0.05) is 0 Å². The summed E-state index contributed by atoms with van der Waals surface area (Å²) in [6.45, 7) is 5.65. The number of hydrogen-bond donors (Lipinski definition) is 1. The van der Waals surface area contributed by atoms with E-state index in [0.29, 0.717) is 6.04 Å². The van der Waals surface area contributed by atoms with Crippen molar-refractivity contribution >= 4 is 5.95 Å². The van der Waals surface area contributed by atoms with E-state index < -0.39 is 0 Å². The van der Waals surface area contributed by atoms with Crippen molar-refractivity contribution in [2.75, 3.05) is 25.0 Å². The van der Waals surface area contributed by atoms with Crippen LogP contribution in [-0.2, 0) is 0 Å². The van der Waals surface area contributed by atoms with E-state index >= 15 is 0 Å². The van der Waals surface area contributed by atoms with Gasteiger partial charge in [0.05, 0.1) is 0 Å². The smallest absolute Gasteiger partial charge is 0.203 e. The highest BCUT2D eigenvalue weighted by molar-refractivity contribution is 5.26. The zero-order chi connectivity index (χ0) is 11.7. The molecule has 0 bridgehead atoms. The fourth-order valence-corrected chi connectivity index (χ4v) is 3.36. The van der Waals surface area contributed by atoms with Crippen molar-refractivity contribution in [1.29, 1.82) is 0 Å². The number of rotatable bonds is 3. The van der Waals surface area contributed by atoms with Crippen molar-refractivity contribution in [3.8, 4) is 0 Å². The first-order valence-corrected chi connectivity index (χ1v) is 6.89. The molecule has 4 nitrogen and oxygen atoms in total. The van der Waals surface area contributed by atoms with Crippen LogP contribution < -0.4 is 5.32 Å². The molecule has 94 valence electrons. The molecule has 2 aliphatic heterocycles. The second kappa shape index (κ2) is 4.69. The predicted octanol–water partition coefficient (Wildman–Crippen LogP) is 2.11. The van der Waals surface area contributed by atoms with Crippen LogP contribution in [0.25, 0.3) is 0 Å². The maximum absolute atomic E-state index is 4.40. The van der Waals surface area contributed by atoms with Crippen LogP contribution in [0.4, 0.5) is 5.95 Å². The van der Waals surface area contributed by atoms with Gasteiger partial charge in [-0.15, -0.1) is 0 Å². The second-order valence-corrected chi connectivity index (χ2v) is 5.20. The first-order valence-electron chi connectivity index (χ1n) is 6.89. The summed E-state index contributed by atoms with van der Waals surface area (Å²) in [5.74, 6) is 1.05. The second-order valence-electron chi connectivity index (χ2n) is 5.20. The van der Waals surface area contributed by atoms with E-state index in [0.717, 1.165) is 18.5 Å². The molecule has 0 saturated carbocycles. The first kappa shape index (κ1) is 11.1. The Labute approximate surface area is 103 Å². The lowest BCUT2D eigenvalue weighted by molar-refractivity contribution is 0.156. The van der Waals surface area contributed by atoms with Crippen LogP contribution in [-0.4, -0.2) is 40.1 Å². The summed E-state index contributed by atoms with van der Waals surface area (Å²) in [5.41, 5.74) is 0. The van der Waals surface area contributed by atoms with Crippen LogP contribution in [0.2, 0.25) is 0 Å². The Bertz CT molecular complexity index is 373. The minimum Gasteiger partial charge on any atom is -0.356 e. The largest absolute Gasteiger partial charge is 0.356 e. The fraction of sp³-hybridized carbons (Fsp3) is 0.769. The summed E-state index contributed by atoms with van der Waals surface area (Å²) in [6, 6.07) is 1.47. The molecule has 4 heteroatoms. The van der Waals surface area contributed by atoms with Crippen molar-refractivity contribution in [3.63, 3.8) is 0 Å². The van der Waals surface area contributed by atoms with Gasteiger partial charge in [-0.25, -0.2) is 4.98 Å². The summed E-state index contributed by atoms with van der Waals surface area (Å²) < 4.78 is 2.35. The van der Waals surface area contributed by atoms with E-state index in [2.05, 4.69) is 32.9 Å². The van der Waals surface area contributed by atoms with E-state index in [1.54, 1.807) is 0 Å². The third kappa shape index (κ3) is 2.06. The maximum Gasteiger partial charge on any atom is 0.203 e. The average molecular weight is 234 g/mol. The summed E-state index contributed by atoms with van der Waals surface area (Å²) in [6.07, 6.45) is 9.40. The van der Waals surface area contributed by atoms with Crippen LogP contribution in [0.1, 0.15) is 38.6 Å². The summed E-state index contributed by atoms with van der Waals surface area (Å²) in [4.78, 5) is 7.07. The van der Waals surface area contributed by atoms with Gasteiger partial charge in [-0.3, -0.25) is 0 Å². The Balaban J connectivity index is 1.73. The highest BCUT2D eigenvalue weighted by atomic mass is 15.2. The van der Waals surface area contributed by atoms with Crippen molar-refractivity contribution < 1.29 is 0 Å². The third-order valence-corrected chi connectivity index (χ3v) is 4.19. The number of hydrogen-bond acceptors (Lipinski definition) is 3. The zero-order valence-corrected chi connectivity index (χ0v) is 10.6. The molecule has 17 heavy (non-hydrogen) atoms. The standard InChI is InChI=1S/C13H22N4/c1-2-14-13-15-6-9-17(13)12-5-8-16-7-3-4-11(16)10-12/h6,9,11-12H,2-5,7-8,10H2,1H3,(H,14,15). The highest BCUT2D eigenvalue weighted by Crippen LogP contribution is 2.34. The Morgan fingerprint density at radius 1 is 1.35 bits per heavy atom. The Hall–Kier alpha value is -1.03. The van der Waals surface area contributed by atoms with E-state index in [-0.39, 0.29) is 0 Å². The van der Waals surface area contributed by atoms with Crippen molar-refractivity contribution in [1.82, 2.24) is 14.5 Å². The molecule has 2 unspecified atom stereocenters. The van der Waals surface area contributed by atoms with Crippen molar-refractivity contribution in [2.45, 2.75) is 44.7 Å². The van der Waals surface area contributed by atoms with Crippen LogP contribution >= 0.6 is 0 Å². The number of anilines is 1. The summed E-state index contributed by atoms with van der Waals surface area (Å²) in [7, 11) is 0. The predicted molar refractivity (Wildman–Crippen MR) is 69.3 cm³/mol. The monoisotopic (exact) mass is 234 g/mol. The van der Waals surface area contributed by atoms with Crippen LogP contribution in [0, 0.1) is 0 Å². The van der Waals surface area contributed by atoms with E-state index in [4.69, 9.17) is 0 Å². The molecule has 0 spiro atoms. The van der Waals surface area contributed by atoms with Gasteiger partial charge >= 0.3 is 0 Å². The number of fused-ring (bicyclic) bond motifs is 1. The first-order chi connectivity index (χ1) is 8.38. The summed E-state index contributed by atoms with van der Waals surface area (Å²) in [5, 5.41) is 3.35. The molecule has 0 aliphatic carbocycles. The third-order valence-electron chi connectivity index (χ3n) is 4.19. The summed E-state index contributed by atoms with van der Waals surface area (Å²) >= 11 is 0. The molecule has 2 saturated heterocycles. The number of imidazole rings is 1. The molecule has 2 aliphatic rings. The lowest BCUT2D eigenvalue weighted by Crippen LogP contribution is -2.38. The highest BCUT2D eigenvalue weighted by Gasteiger charge is 2.32. The number of nitrogens with zero attached hydrogens (tertiary/aromatic N) is 3. The van der Waals surface area contributed by atoms with Gasteiger partial charge in [0.15, 0.2) is 0 Å². The molecule has 0 radical (unpaired) electrons.